The summed E-state index contributed by atoms with van der Waals surface area (Å²) in [5.41, 5.74) is -2.15. The monoisotopic (exact) mass is 441 g/mol. The summed E-state index contributed by atoms with van der Waals surface area (Å²) < 4.78 is 111. The van der Waals surface area contributed by atoms with E-state index in [2.05, 4.69) is 20.8 Å². The summed E-state index contributed by atoms with van der Waals surface area (Å²) in [6.45, 7) is 5.61. The second kappa shape index (κ2) is 8.29. The molecule has 28 heavy (non-hydrogen) atoms. The SMILES string of the molecule is C=C(C)C(=O)OC(OCCC(F)(F)S(=O)(=O)[O-])(C(=O)OC(C)(C)C)C(F)(F)F. The van der Waals surface area contributed by atoms with Crippen LogP contribution in [0.2, 0.25) is 0 Å². The molecule has 0 spiro atoms. The predicted octanol–water partition coefficient (Wildman–Crippen LogP) is 2.25. The van der Waals surface area contributed by atoms with Gasteiger partial charge in [0.05, 0.1) is 6.61 Å². The van der Waals surface area contributed by atoms with Crippen LogP contribution in [0.15, 0.2) is 12.2 Å². The van der Waals surface area contributed by atoms with Gasteiger partial charge in [0.25, 0.3) is 0 Å². The van der Waals surface area contributed by atoms with Gasteiger partial charge >= 0.3 is 29.2 Å². The molecule has 0 heterocycles. The van der Waals surface area contributed by atoms with Crippen molar-refractivity contribution < 1.29 is 58.7 Å². The van der Waals surface area contributed by atoms with Crippen LogP contribution >= 0.6 is 0 Å². The highest BCUT2D eigenvalue weighted by molar-refractivity contribution is 7.86. The highest BCUT2D eigenvalue weighted by Crippen LogP contribution is 2.38. The molecule has 0 aliphatic heterocycles. The maximum absolute atomic E-state index is 13.6. The third kappa shape index (κ3) is 6.67. The number of carbonyl (C=O) groups is 2. The predicted molar refractivity (Wildman–Crippen MR) is 80.8 cm³/mol. The van der Waals surface area contributed by atoms with E-state index in [4.69, 9.17) is 0 Å². The van der Waals surface area contributed by atoms with Crippen LogP contribution in [0.5, 0.6) is 0 Å². The van der Waals surface area contributed by atoms with E-state index in [0.717, 1.165) is 27.7 Å². The van der Waals surface area contributed by atoms with Crippen molar-refractivity contribution in [3.05, 3.63) is 12.2 Å². The van der Waals surface area contributed by atoms with Gasteiger partial charge in [-0.3, -0.25) is 0 Å². The van der Waals surface area contributed by atoms with Crippen LogP contribution in [-0.4, -0.2) is 54.3 Å². The molecule has 0 aliphatic rings. The summed E-state index contributed by atoms with van der Waals surface area (Å²) in [6.07, 6.45) is -7.88. The Kier molecular flexibility index (Phi) is 7.75. The van der Waals surface area contributed by atoms with Crippen LogP contribution in [0.25, 0.3) is 0 Å². The smallest absolute Gasteiger partial charge is 0.468 e. The minimum absolute atomic E-state index is 0.603. The van der Waals surface area contributed by atoms with E-state index in [1.54, 1.807) is 0 Å². The molecule has 0 aromatic carbocycles. The summed E-state index contributed by atoms with van der Waals surface area (Å²) in [6, 6.07) is 0. The Morgan fingerprint density at radius 3 is 1.82 bits per heavy atom. The van der Waals surface area contributed by atoms with Crippen molar-refractivity contribution in [2.45, 2.75) is 56.9 Å². The molecule has 0 aliphatic carbocycles. The first kappa shape index (κ1) is 26.2. The van der Waals surface area contributed by atoms with E-state index in [1.165, 1.54) is 0 Å². The van der Waals surface area contributed by atoms with Crippen molar-refractivity contribution in [2.75, 3.05) is 6.61 Å². The lowest BCUT2D eigenvalue weighted by Crippen LogP contribution is -2.59. The average Bonchev–Trinajstić information content (AvgIpc) is 2.40. The molecule has 0 amide bonds. The number of ether oxygens (including phenoxy) is 3. The van der Waals surface area contributed by atoms with Crippen molar-refractivity contribution in [3.8, 4) is 0 Å². The summed E-state index contributed by atoms with van der Waals surface area (Å²) in [5, 5.41) is -5.00. The molecule has 1 unspecified atom stereocenters. The Labute approximate surface area is 157 Å². The fraction of sp³-hybridized carbons (Fsp3) is 0.714. The van der Waals surface area contributed by atoms with Gasteiger partial charge in [0.1, 0.15) is 5.60 Å². The van der Waals surface area contributed by atoms with Gasteiger partial charge in [-0.1, -0.05) is 6.58 Å². The minimum atomic E-state index is -6.22. The van der Waals surface area contributed by atoms with Gasteiger partial charge in [0.15, 0.2) is 10.1 Å². The molecule has 8 nitrogen and oxygen atoms in total. The Balaban J connectivity index is 6.02. The van der Waals surface area contributed by atoms with E-state index < -0.39 is 63.5 Å². The molecule has 0 saturated heterocycles. The van der Waals surface area contributed by atoms with E-state index in [-0.39, 0.29) is 0 Å². The largest absolute Gasteiger partial charge is 0.743 e. The average molecular weight is 441 g/mol. The van der Waals surface area contributed by atoms with Gasteiger partial charge < -0.3 is 18.8 Å². The lowest BCUT2D eigenvalue weighted by atomic mass is 10.1. The van der Waals surface area contributed by atoms with Crippen molar-refractivity contribution in [3.63, 3.8) is 0 Å². The molecule has 0 N–H and O–H groups in total. The van der Waals surface area contributed by atoms with Gasteiger partial charge in [0, 0.05) is 12.0 Å². The maximum Gasteiger partial charge on any atom is 0.468 e. The van der Waals surface area contributed by atoms with E-state index >= 15 is 0 Å². The summed E-state index contributed by atoms with van der Waals surface area (Å²) in [4.78, 5) is 23.7. The molecule has 0 aromatic heterocycles. The van der Waals surface area contributed by atoms with Crippen LogP contribution < -0.4 is 0 Å². The lowest BCUT2D eigenvalue weighted by Gasteiger charge is -2.35. The standard InChI is InChI=1S/C14H19F5O8S/c1-8(2)9(20)26-13(14(17,18)19,10(21)27-11(3,4)5)25-7-6-12(15,16)28(22,23)24/h1,6-7H2,2-5H3,(H,22,23,24)/p-1. The number of carbonyl (C=O) groups excluding carboxylic acids is 2. The van der Waals surface area contributed by atoms with Gasteiger partial charge in [0.2, 0.25) is 0 Å². The number of hydrogen-bond donors (Lipinski definition) is 0. The lowest BCUT2D eigenvalue weighted by molar-refractivity contribution is -0.357. The number of alkyl halides is 5. The van der Waals surface area contributed by atoms with E-state index in [0.29, 0.717) is 0 Å². The molecule has 0 radical (unpaired) electrons. The van der Waals surface area contributed by atoms with Gasteiger partial charge in [-0.2, -0.15) is 22.0 Å². The van der Waals surface area contributed by atoms with Crippen molar-refractivity contribution in [1.29, 1.82) is 0 Å². The molecule has 0 aromatic rings. The number of hydrogen-bond acceptors (Lipinski definition) is 8. The van der Waals surface area contributed by atoms with Gasteiger partial charge in [-0.15, -0.1) is 0 Å². The van der Waals surface area contributed by atoms with Crippen LogP contribution in [-0.2, 0) is 33.9 Å². The second-order valence-corrected chi connectivity index (χ2v) is 7.98. The Morgan fingerprint density at radius 2 is 1.50 bits per heavy atom. The first-order valence-corrected chi connectivity index (χ1v) is 8.73. The number of rotatable bonds is 8. The Bertz CT molecular complexity index is 723. The van der Waals surface area contributed by atoms with Crippen LogP contribution in [0.4, 0.5) is 22.0 Å². The van der Waals surface area contributed by atoms with Crippen LogP contribution in [0, 0.1) is 0 Å². The highest BCUT2D eigenvalue weighted by atomic mass is 32.2. The molecule has 1 atom stereocenters. The minimum Gasteiger partial charge on any atom is -0.743 e. The second-order valence-electron chi connectivity index (χ2n) is 6.48. The first-order chi connectivity index (χ1) is 12.2. The maximum atomic E-state index is 13.6. The molecule has 0 fully saturated rings. The van der Waals surface area contributed by atoms with Crippen molar-refractivity contribution >= 4 is 22.1 Å². The van der Waals surface area contributed by atoms with Crippen molar-refractivity contribution in [1.82, 2.24) is 0 Å². The number of halogens is 5. The molecule has 0 bridgehead atoms. The summed E-state index contributed by atoms with van der Waals surface area (Å²) in [5.74, 6) is -8.58. The Hall–Kier alpha value is -1.80. The topological polar surface area (TPSA) is 119 Å². The molecular weight excluding hydrogens is 423 g/mol. The summed E-state index contributed by atoms with van der Waals surface area (Å²) >= 11 is 0. The zero-order chi connectivity index (χ0) is 22.8. The van der Waals surface area contributed by atoms with Gasteiger partial charge in [-0.25, -0.2) is 18.0 Å². The van der Waals surface area contributed by atoms with Crippen LogP contribution in [0.1, 0.15) is 34.1 Å². The zero-order valence-corrected chi connectivity index (χ0v) is 16.0. The third-order valence-electron chi connectivity index (χ3n) is 2.69. The molecular formula is C14H18F5O8S-. The fourth-order valence-corrected chi connectivity index (χ4v) is 1.72. The molecule has 164 valence electrons. The molecule has 0 saturated carbocycles. The molecule has 0 rings (SSSR count). The number of esters is 2. The zero-order valence-electron chi connectivity index (χ0n) is 15.2. The van der Waals surface area contributed by atoms with Crippen molar-refractivity contribution in [2.24, 2.45) is 0 Å². The highest BCUT2D eigenvalue weighted by Gasteiger charge is 2.68. The summed E-state index contributed by atoms with van der Waals surface area (Å²) in [7, 11) is -6.22. The first-order valence-electron chi connectivity index (χ1n) is 7.32. The normalized spacial score (nSPS) is 15.5. The van der Waals surface area contributed by atoms with Crippen LogP contribution in [0.3, 0.4) is 0 Å². The van der Waals surface area contributed by atoms with E-state index in [9.17, 15) is 44.5 Å². The van der Waals surface area contributed by atoms with E-state index in [1.807, 2.05) is 0 Å². The fourth-order valence-electron chi connectivity index (χ4n) is 1.39. The third-order valence-corrected chi connectivity index (χ3v) is 3.63. The van der Waals surface area contributed by atoms with Gasteiger partial charge in [-0.05, 0) is 27.7 Å². The quantitative estimate of drug-likeness (QED) is 0.185. The molecule has 14 heteroatoms. The Morgan fingerprint density at radius 1 is 1.04 bits per heavy atom.